The van der Waals surface area contributed by atoms with Crippen molar-refractivity contribution in [3.63, 3.8) is 0 Å². The number of benzene rings is 1. The number of fused-ring (bicyclic) bond motifs is 1. The van der Waals surface area contributed by atoms with Crippen molar-refractivity contribution >= 4 is 17.5 Å². The molecule has 0 radical (unpaired) electrons. The van der Waals surface area contributed by atoms with Gasteiger partial charge in [0.15, 0.2) is 11.5 Å². The first-order valence-electron chi connectivity index (χ1n) is 6.83. The minimum Gasteiger partial charge on any atom is -0.454 e. The van der Waals surface area contributed by atoms with Crippen LogP contribution in [-0.2, 0) is 4.79 Å². The zero-order valence-corrected chi connectivity index (χ0v) is 13.4. The van der Waals surface area contributed by atoms with E-state index in [4.69, 9.17) is 13.9 Å². The highest BCUT2D eigenvalue weighted by molar-refractivity contribution is 7.99. The van der Waals surface area contributed by atoms with Gasteiger partial charge < -0.3 is 13.9 Å². The van der Waals surface area contributed by atoms with Crippen LogP contribution in [0.2, 0.25) is 0 Å². The van der Waals surface area contributed by atoms with Gasteiger partial charge in [-0.05, 0) is 18.2 Å². The van der Waals surface area contributed by atoms with Gasteiger partial charge in [0.25, 0.3) is 5.22 Å². The number of hydrogen-bond donors (Lipinski definition) is 0. The summed E-state index contributed by atoms with van der Waals surface area (Å²) in [6, 6.07) is 5.43. The second kappa shape index (κ2) is 5.64. The molecule has 22 heavy (non-hydrogen) atoms. The molecule has 0 amide bonds. The van der Waals surface area contributed by atoms with E-state index in [0.717, 1.165) is 5.56 Å². The average Bonchev–Trinajstić information content (AvgIpc) is 3.11. The zero-order chi connectivity index (χ0) is 15.7. The summed E-state index contributed by atoms with van der Waals surface area (Å²) in [6.07, 6.45) is 0. The number of rotatable bonds is 4. The van der Waals surface area contributed by atoms with Crippen LogP contribution in [0.3, 0.4) is 0 Å². The van der Waals surface area contributed by atoms with Crippen LogP contribution in [-0.4, -0.2) is 28.5 Å². The molecule has 7 heteroatoms. The van der Waals surface area contributed by atoms with Crippen LogP contribution in [0.15, 0.2) is 27.8 Å². The molecule has 1 aromatic carbocycles. The maximum atomic E-state index is 11.9. The van der Waals surface area contributed by atoms with Gasteiger partial charge in [-0.1, -0.05) is 32.5 Å². The lowest BCUT2D eigenvalue weighted by molar-refractivity contribution is -0.123. The molecular formula is C15H16N2O4S. The molecule has 0 saturated carbocycles. The van der Waals surface area contributed by atoms with Crippen LogP contribution in [0.4, 0.5) is 0 Å². The lowest BCUT2D eigenvalue weighted by Gasteiger charge is -2.14. The quantitative estimate of drug-likeness (QED) is 0.801. The Morgan fingerprint density at radius 2 is 2.00 bits per heavy atom. The second-order valence-electron chi connectivity index (χ2n) is 5.90. The summed E-state index contributed by atoms with van der Waals surface area (Å²) < 4.78 is 16.2. The molecular weight excluding hydrogens is 304 g/mol. The van der Waals surface area contributed by atoms with Gasteiger partial charge in [0.1, 0.15) is 5.78 Å². The van der Waals surface area contributed by atoms with Gasteiger partial charge in [-0.3, -0.25) is 4.79 Å². The summed E-state index contributed by atoms with van der Waals surface area (Å²) >= 11 is 1.25. The summed E-state index contributed by atoms with van der Waals surface area (Å²) in [6.45, 7) is 5.89. The Hall–Kier alpha value is -2.02. The van der Waals surface area contributed by atoms with Crippen molar-refractivity contribution in [2.45, 2.75) is 26.0 Å². The largest absolute Gasteiger partial charge is 0.454 e. The van der Waals surface area contributed by atoms with E-state index in [9.17, 15) is 4.79 Å². The Bertz CT molecular complexity index is 706. The molecule has 0 aliphatic carbocycles. The van der Waals surface area contributed by atoms with E-state index in [2.05, 4.69) is 10.2 Å². The first-order chi connectivity index (χ1) is 10.4. The van der Waals surface area contributed by atoms with Crippen molar-refractivity contribution in [2.75, 3.05) is 12.5 Å². The number of ketones is 1. The van der Waals surface area contributed by atoms with Gasteiger partial charge >= 0.3 is 0 Å². The maximum absolute atomic E-state index is 11.9. The molecule has 2 aromatic rings. The zero-order valence-electron chi connectivity index (χ0n) is 12.6. The molecule has 0 unspecified atom stereocenters. The topological polar surface area (TPSA) is 74.5 Å². The van der Waals surface area contributed by atoms with Crippen LogP contribution in [0.1, 0.15) is 20.8 Å². The third-order valence-corrected chi connectivity index (χ3v) is 4.01. The number of hydrogen-bond acceptors (Lipinski definition) is 7. The third kappa shape index (κ3) is 3.09. The Morgan fingerprint density at radius 3 is 2.77 bits per heavy atom. The Labute approximate surface area is 132 Å². The van der Waals surface area contributed by atoms with Crippen LogP contribution in [0, 0.1) is 5.41 Å². The second-order valence-corrected chi connectivity index (χ2v) is 6.83. The number of carbonyl (C=O) groups excluding carboxylic acids is 1. The molecule has 6 nitrogen and oxygen atoms in total. The van der Waals surface area contributed by atoms with E-state index < -0.39 is 0 Å². The molecule has 0 spiro atoms. The predicted molar refractivity (Wildman–Crippen MR) is 81.0 cm³/mol. The molecule has 0 atom stereocenters. The van der Waals surface area contributed by atoms with Gasteiger partial charge in [-0.15, -0.1) is 10.2 Å². The van der Waals surface area contributed by atoms with E-state index in [0.29, 0.717) is 28.4 Å². The van der Waals surface area contributed by atoms with Crippen molar-refractivity contribution in [1.82, 2.24) is 10.2 Å². The van der Waals surface area contributed by atoms with Crippen molar-refractivity contribution in [1.29, 1.82) is 0 Å². The fourth-order valence-electron chi connectivity index (χ4n) is 1.76. The Kier molecular flexibility index (Phi) is 3.82. The summed E-state index contributed by atoms with van der Waals surface area (Å²) in [4.78, 5) is 11.9. The number of Topliss-reactive ketones (excluding diaryl/α,β-unsaturated/α-hetero) is 1. The Morgan fingerprint density at radius 1 is 1.23 bits per heavy atom. The fraction of sp³-hybridized carbons (Fsp3) is 0.400. The van der Waals surface area contributed by atoms with Gasteiger partial charge in [0.2, 0.25) is 12.7 Å². The van der Waals surface area contributed by atoms with Crippen molar-refractivity contribution in [2.24, 2.45) is 5.41 Å². The van der Waals surface area contributed by atoms with Gasteiger partial charge in [0, 0.05) is 11.0 Å². The lowest BCUT2D eigenvalue weighted by atomic mass is 9.92. The first kappa shape index (κ1) is 14.9. The van der Waals surface area contributed by atoms with Crippen LogP contribution >= 0.6 is 11.8 Å². The van der Waals surface area contributed by atoms with Gasteiger partial charge in [-0.25, -0.2) is 0 Å². The van der Waals surface area contributed by atoms with E-state index in [1.165, 1.54) is 11.8 Å². The normalized spacial score (nSPS) is 13.4. The highest BCUT2D eigenvalue weighted by Gasteiger charge is 2.22. The molecule has 1 aliphatic heterocycles. The van der Waals surface area contributed by atoms with Gasteiger partial charge in [0.05, 0.1) is 5.75 Å². The molecule has 0 bridgehead atoms. The Balaban J connectivity index is 1.70. The third-order valence-electron chi connectivity index (χ3n) is 3.19. The number of nitrogens with zero attached hydrogens (tertiary/aromatic N) is 2. The summed E-state index contributed by atoms with van der Waals surface area (Å²) in [5.41, 5.74) is 0.387. The molecule has 0 saturated heterocycles. The summed E-state index contributed by atoms with van der Waals surface area (Å²) in [5.74, 6) is 2.21. The standard InChI is InChI=1S/C15H16N2O4S/c1-15(2,3)12(18)7-22-14-17-16-13(21-14)9-4-5-10-11(6-9)20-8-19-10/h4-6H,7-8H2,1-3H3. The smallest absolute Gasteiger partial charge is 0.277 e. The summed E-state index contributed by atoms with van der Waals surface area (Å²) in [5, 5.41) is 8.35. The van der Waals surface area contributed by atoms with E-state index in [1.807, 2.05) is 26.8 Å². The number of ether oxygens (including phenoxy) is 2. The number of thioether (sulfide) groups is 1. The van der Waals surface area contributed by atoms with Gasteiger partial charge in [-0.2, -0.15) is 0 Å². The maximum Gasteiger partial charge on any atom is 0.277 e. The predicted octanol–water partition coefficient (Wildman–Crippen LogP) is 3.17. The van der Waals surface area contributed by atoms with Crippen molar-refractivity contribution in [3.8, 4) is 23.0 Å². The van der Waals surface area contributed by atoms with Crippen LogP contribution in [0.25, 0.3) is 11.5 Å². The molecule has 116 valence electrons. The first-order valence-corrected chi connectivity index (χ1v) is 7.82. The van der Waals surface area contributed by atoms with E-state index >= 15 is 0 Å². The minimum atomic E-state index is -0.368. The number of carbonyl (C=O) groups is 1. The highest BCUT2D eigenvalue weighted by Crippen LogP contribution is 2.36. The number of aromatic nitrogens is 2. The molecule has 1 aromatic heterocycles. The van der Waals surface area contributed by atoms with E-state index in [-0.39, 0.29) is 18.0 Å². The highest BCUT2D eigenvalue weighted by atomic mass is 32.2. The lowest BCUT2D eigenvalue weighted by Crippen LogP contribution is -2.21. The van der Waals surface area contributed by atoms with Crippen molar-refractivity contribution < 1.29 is 18.7 Å². The SMILES string of the molecule is CC(C)(C)C(=O)CSc1nnc(-c2ccc3c(c2)OCO3)o1. The molecule has 0 N–H and O–H groups in total. The molecule has 2 heterocycles. The monoisotopic (exact) mass is 320 g/mol. The minimum absolute atomic E-state index is 0.139. The van der Waals surface area contributed by atoms with E-state index in [1.54, 1.807) is 12.1 Å². The molecule has 3 rings (SSSR count). The fourth-order valence-corrected chi connectivity index (χ4v) is 2.68. The summed E-state index contributed by atoms with van der Waals surface area (Å²) in [7, 11) is 0. The van der Waals surface area contributed by atoms with Crippen LogP contribution < -0.4 is 9.47 Å². The average molecular weight is 320 g/mol. The molecule has 0 fully saturated rings. The van der Waals surface area contributed by atoms with Crippen molar-refractivity contribution in [3.05, 3.63) is 18.2 Å². The molecule has 1 aliphatic rings. The van der Waals surface area contributed by atoms with Crippen LogP contribution in [0.5, 0.6) is 11.5 Å².